The number of hydrogen-bond donors (Lipinski definition) is 2. The number of anilines is 1. The molecular formula is C12H10N4O. The van der Waals surface area contributed by atoms with Crippen molar-refractivity contribution in [3.63, 3.8) is 0 Å². The zero-order valence-electron chi connectivity index (χ0n) is 8.97. The Balaban J connectivity index is 2.04. The first-order valence-electron chi connectivity index (χ1n) is 5.28. The summed E-state index contributed by atoms with van der Waals surface area (Å²) in [6, 6.07) is 7.68. The minimum absolute atomic E-state index is 0.164. The third kappa shape index (κ3) is 1.82. The van der Waals surface area contributed by atoms with E-state index >= 15 is 0 Å². The van der Waals surface area contributed by atoms with Gasteiger partial charge in [-0.25, -0.2) is 4.79 Å². The summed E-state index contributed by atoms with van der Waals surface area (Å²) in [6.07, 6.45) is 3.35. The van der Waals surface area contributed by atoms with Crippen LogP contribution in [0.25, 0.3) is 11.1 Å². The monoisotopic (exact) mass is 226 g/mol. The van der Waals surface area contributed by atoms with Crippen molar-refractivity contribution in [3.8, 4) is 11.1 Å². The maximum atomic E-state index is 11.2. The van der Waals surface area contributed by atoms with Crippen LogP contribution in [0.3, 0.4) is 0 Å². The minimum Gasteiger partial charge on any atom is -0.334 e. The summed E-state index contributed by atoms with van der Waals surface area (Å²) in [5.41, 5.74) is 3.93. The van der Waals surface area contributed by atoms with Crippen LogP contribution in [0.2, 0.25) is 0 Å². The van der Waals surface area contributed by atoms with Gasteiger partial charge in [-0.05, 0) is 23.3 Å². The van der Waals surface area contributed by atoms with Gasteiger partial charge in [0.05, 0.1) is 12.4 Å². The summed E-state index contributed by atoms with van der Waals surface area (Å²) in [5.74, 6) is 0. The van der Waals surface area contributed by atoms with Crippen molar-refractivity contribution in [2.45, 2.75) is 6.54 Å². The number of aromatic nitrogens is 2. The molecule has 2 N–H and O–H groups in total. The van der Waals surface area contributed by atoms with E-state index in [2.05, 4.69) is 20.8 Å². The van der Waals surface area contributed by atoms with Gasteiger partial charge in [-0.1, -0.05) is 12.1 Å². The molecule has 1 aliphatic rings. The number of carbonyl (C=O) groups is 1. The average Bonchev–Trinajstić information content (AvgIpc) is 2.39. The van der Waals surface area contributed by atoms with Crippen LogP contribution in [0.15, 0.2) is 36.7 Å². The van der Waals surface area contributed by atoms with E-state index in [0.717, 1.165) is 22.4 Å². The average molecular weight is 226 g/mol. The predicted octanol–water partition coefficient (Wildman–Crippen LogP) is 1.78. The van der Waals surface area contributed by atoms with Gasteiger partial charge in [0.15, 0.2) is 0 Å². The Kier molecular flexibility index (Phi) is 2.22. The molecule has 2 aromatic rings. The number of nitrogens with one attached hydrogen (secondary N) is 2. The topological polar surface area (TPSA) is 66.9 Å². The summed E-state index contributed by atoms with van der Waals surface area (Å²) < 4.78 is 0. The van der Waals surface area contributed by atoms with Crippen molar-refractivity contribution >= 4 is 11.7 Å². The van der Waals surface area contributed by atoms with Gasteiger partial charge in [-0.3, -0.25) is 0 Å². The lowest BCUT2D eigenvalue weighted by atomic mass is 10.0. The molecule has 0 radical (unpaired) electrons. The lowest BCUT2D eigenvalue weighted by molar-refractivity contribution is 0.251. The molecule has 0 saturated heterocycles. The van der Waals surface area contributed by atoms with Crippen LogP contribution in [0, 0.1) is 0 Å². The molecule has 84 valence electrons. The van der Waals surface area contributed by atoms with E-state index in [0.29, 0.717) is 6.54 Å². The number of hydrogen-bond acceptors (Lipinski definition) is 3. The predicted molar refractivity (Wildman–Crippen MR) is 63.3 cm³/mol. The second-order valence-corrected chi connectivity index (χ2v) is 3.81. The normalized spacial score (nSPS) is 13.5. The van der Waals surface area contributed by atoms with Crippen LogP contribution >= 0.6 is 0 Å². The first kappa shape index (κ1) is 9.77. The van der Waals surface area contributed by atoms with Gasteiger partial charge in [0.2, 0.25) is 0 Å². The Hall–Kier alpha value is -2.43. The zero-order valence-corrected chi connectivity index (χ0v) is 8.97. The summed E-state index contributed by atoms with van der Waals surface area (Å²) >= 11 is 0. The van der Waals surface area contributed by atoms with Crippen molar-refractivity contribution in [1.29, 1.82) is 0 Å². The summed E-state index contributed by atoms with van der Waals surface area (Å²) in [6.45, 7) is 0.566. The highest BCUT2D eigenvalue weighted by atomic mass is 16.2. The van der Waals surface area contributed by atoms with Crippen LogP contribution in [-0.2, 0) is 6.54 Å². The van der Waals surface area contributed by atoms with Gasteiger partial charge in [0.25, 0.3) is 0 Å². The largest absolute Gasteiger partial charge is 0.334 e. The van der Waals surface area contributed by atoms with Gasteiger partial charge < -0.3 is 10.6 Å². The summed E-state index contributed by atoms with van der Waals surface area (Å²) in [4.78, 5) is 11.2. The molecule has 17 heavy (non-hydrogen) atoms. The Bertz CT molecular complexity index is 568. The fraction of sp³-hybridized carbons (Fsp3) is 0.0833. The van der Waals surface area contributed by atoms with E-state index in [-0.39, 0.29) is 6.03 Å². The molecule has 1 aromatic heterocycles. The molecule has 0 fully saturated rings. The first-order valence-corrected chi connectivity index (χ1v) is 5.28. The number of nitrogens with zero attached hydrogens (tertiary/aromatic N) is 2. The van der Waals surface area contributed by atoms with Crippen molar-refractivity contribution in [2.75, 3.05) is 5.32 Å². The molecule has 2 heterocycles. The number of rotatable bonds is 1. The smallest absolute Gasteiger partial charge is 0.319 e. The lowest BCUT2D eigenvalue weighted by Gasteiger charge is -2.18. The van der Waals surface area contributed by atoms with E-state index in [4.69, 9.17) is 0 Å². The summed E-state index contributed by atoms with van der Waals surface area (Å²) in [5, 5.41) is 13.1. The zero-order chi connectivity index (χ0) is 11.7. The second kappa shape index (κ2) is 3.86. The Morgan fingerprint density at radius 1 is 1.12 bits per heavy atom. The third-order valence-corrected chi connectivity index (χ3v) is 2.72. The van der Waals surface area contributed by atoms with Crippen LogP contribution in [0.1, 0.15) is 5.56 Å². The molecule has 3 rings (SSSR count). The maximum Gasteiger partial charge on any atom is 0.319 e. The molecule has 0 bridgehead atoms. The molecule has 0 atom stereocenters. The fourth-order valence-corrected chi connectivity index (χ4v) is 1.83. The Morgan fingerprint density at radius 3 is 2.88 bits per heavy atom. The highest BCUT2D eigenvalue weighted by molar-refractivity contribution is 5.93. The SMILES string of the molecule is O=C1NCc2ccc(-c3ccnnc3)cc2N1. The maximum absolute atomic E-state index is 11.2. The molecule has 1 aromatic carbocycles. The Labute approximate surface area is 97.9 Å². The molecule has 2 amide bonds. The Morgan fingerprint density at radius 2 is 2.06 bits per heavy atom. The fourth-order valence-electron chi connectivity index (χ4n) is 1.83. The van der Waals surface area contributed by atoms with Crippen molar-refractivity contribution in [3.05, 3.63) is 42.2 Å². The highest BCUT2D eigenvalue weighted by Gasteiger charge is 2.13. The number of fused-ring (bicyclic) bond motifs is 1. The van der Waals surface area contributed by atoms with Gasteiger partial charge in [-0.2, -0.15) is 10.2 Å². The lowest BCUT2D eigenvalue weighted by Crippen LogP contribution is -2.33. The molecule has 5 nitrogen and oxygen atoms in total. The van der Waals surface area contributed by atoms with Crippen molar-refractivity contribution in [1.82, 2.24) is 15.5 Å². The summed E-state index contributed by atoms with van der Waals surface area (Å²) in [7, 11) is 0. The quantitative estimate of drug-likeness (QED) is 0.778. The van der Waals surface area contributed by atoms with Gasteiger partial charge in [0.1, 0.15) is 0 Å². The van der Waals surface area contributed by atoms with Crippen LogP contribution < -0.4 is 10.6 Å². The number of amides is 2. The van der Waals surface area contributed by atoms with E-state index in [1.165, 1.54) is 0 Å². The molecule has 0 unspecified atom stereocenters. The van der Waals surface area contributed by atoms with E-state index in [9.17, 15) is 4.79 Å². The van der Waals surface area contributed by atoms with E-state index < -0.39 is 0 Å². The minimum atomic E-state index is -0.164. The third-order valence-electron chi connectivity index (χ3n) is 2.72. The molecule has 0 saturated carbocycles. The standard InChI is InChI=1S/C12H10N4O/c17-12-13-6-10-2-1-8(5-11(10)16-12)9-3-4-14-15-7-9/h1-5,7H,6H2,(H2,13,16,17). The van der Waals surface area contributed by atoms with Gasteiger partial charge >= 0.3 is 6.03 Å². The van der Waals surface area contributed by atoms with Crippen LogP contribution in [0.4, 0.5) is 10.5 Å². The number of benzene rings is 1. The second-order valence-electron chi connectivity index (χ2n) is 3.81. The molecule has 1 aliphatic heterocycles. The van der Waals surface area contributed by atoms with Crippen LogP contribution in [0.5, 0.6) is 0 Å². The van der Waals surface area contributed by atoms with E-state index in [1.807, 2.05) is 24.3 Å². The first-order chi connectivity index (χ1) is 8.33. The molecule has 0 aliphatic carbocycles. The molecule has 0 spiro atoms. The highest BCUT2D eigenvalue weighted by Crippen LogP contribution is 2.26. The van der Waals surface area contributed by atoms with Crippen LogP contribution in [-0.4, -0.2) is 16.2 Å². The van der Waals surface area contributed by atoms with Crippen molar-refractivity contribution < 1.29 is 4.79 Å². The molecular weight excluding hydrogens is 216 g/mol. The van der Waals surface area contributed by atoms with E-state index in [1.54, 1.807) is 12.4 Å². The number of carbonyl (C=O) groups excluding carboxylic acids is 1. The number of urea groups is 1. The van der Waals surface area contributed by atoms with Gasteiger partial charge in [0, 0.05) is 17.8 Å². The van der Waals surface area contributed by atoms with Gasteiger partial charge in [-0.15, -0.1) is 0 Å². The van der Waals surface area contributed by atoms with Crippen molar-refractivity contribution in [2.24, 2.45) is 0 Å². The molecule has 5 heteroatoms.